The lowest BCUT2D eigenvalue weighted by Gasteiger charge is -2.34. The van der Waals surface area contributed by atoms with E-state index in [0.717, 1.165) is 0 Å². The molecule has 0 aromatic heterocycles. The minimum absolute atomic E-state index is 1.76. The van der Waals surface area contributed by atoms with Gasteiger partial charge in [-0.15, -0.1) is 0 Å². The monoisotopic (exact) mass is 226 g/mol. The summed E-state index contributed by atoms with van der Waals surface area (Å²) in [4.78, 5) is 0. The Labute approximate surface area is 73.8 Å². The van der Waals surface area contributed by atoms with E-state index < -0.39 is 37.2 Å². The molecule has 0 spiro atoms. The molecule has 1 saturated heterocycles. The predicted molar refractivity (Wildman–Crippen MR) is 29.8 cm³/mol. The van der Waals surface area contributed by atoms with Crippen LogP contribution in [0.1, 0.15) is 12.8 Å². The van der Waals surface area contributed by atoms with E-state index in [1.807, 2.05) is 0 Å². The fourth-order valence-corrected chi connectivity index (χ4v) is 1.18. The molecule has 0 aliphatic carbocycles. The van der Waals surface area contributed by atoms with Crippen molar-refractivity contribution in [1.29, 1.82) is 0 Å². The number of hydrogen-bond acceptors (Lipinski definition) is 1. The molecule has 1 aliphatic heterocycles. The summed E-state index contributed by atoms with van der Waals surface area (Å²) in [6.07, 6.45) is -17.4. The molecule has 0 saturated carbocycles. The van der Waals surface area contributed by atoms with Gasteiger partial charge in [0, 0.05) is 0 Å². The normalized spacial score (nSPS) is 27.6. The van der Waals surface area contributed by atoms with Gasteiger partial charge in [0.25, 0.3) is 0 Å². The van der Waals surface area contributed by atoms with Crippen LogP contribution >= 0.6 is 0 Å². The first-order valence-electron chi connectivity index (χ1n) is 3.54. The van der Waals surface area contributed by atoms with Gasteiger partial charge in [-0.1, -0.05) is 0 Å². The van der Waals surface area contributed by atoms with Gasteiger partial charge < -0.3 is 0 Å². The molecule has 0 unspecified atom stereocenters. The highest BCUT2D eigenvalue weighted by Gasteiger charge is 2.59. The molecular weight excluding hydrogens is 221 g/mol. The summed E-state index contributed by atoms with van der Waals surface area (Å²) < 4.78 is 87.8. The number of hydrogen-bond donors (Lipinski definition) is 0. The Bertz CT molecular complexity index is 205. The zero-order valence-electron chi connectivity index (χ0n) is 6.55. The second-order valence-electron chi connectivity index (χ2n) is 3.02. The Balaban J connectivity index is 2.82. The van der Waals surface area contributed by atoms with Gasteiger partial charge in [-0.25, -0.2) is 0 Å². The summed E-state index contributed by atoms with van der Waals surface area (Å²) in [6.45, 7) is 0. The summed E-state index contributed by atoms with van der Waals surface area (Å²) in [5, 5.41) is 0. The van der Waals surface area contributed by atoms with Crippen LogP contribution in [0.15, 0.2) is 0 Å². The third-order valence-corrected chi connectivity index (χ3v) is 1.73. The molecule has 1 fully saturated rings. The number of rotatable bonds is 0. The van der Waals surface area contributed by atoms with Crippen LogP contribution in [0.25, 0.3) is 0 Å². The van der Waals surface area contributed by atoms with Crippen LogP contribution in [-0.4, -0.2) is 18.4 Å². The number of alkyl halides is 7. The van der Waals surface area contributed by atoms with Gasteiger partial charge in [0.15, 0.2) is 0 Å². The van der Waals surface area contributed by atoms with E-state index in [9.17, 15) is 30.7 Å². The molecule has 0 bridgehead atoms. The molecule has 0 amide bonds. The molecule has 1 rings (SSSR count). The zero-order valence-corrected chi connectivity index (χ0v) is 6.55. The summed E-state index contributed by atoms with van der Waals surface area (Å²) in [6, 6.07) is 0. The third-order valence-electron chi connectivity index (χ3n) is 1.73. The van der Waals surface area contributed by atoms with Crippen molar-refractivity contribution in [2.45, 2.75) is 31.2 Å². The Morgan fingerprint density at radius 1 is 0.929 bits per heavy atom. The maximum Gasteiger partial charge on any atom is 0.392 e. The summed E-state index contributed by atoms with van der Waals surface area (Å²) in [5.74, 6) is -2.73. The fraction of sp³-hybridized carbons (Fsp3) is 1.00. The molecule has 0 aromatic carbocycles. The minimum atomic E-state index is -5.06. The minimum Gasteiger partial charge on any atom is -0.255 e. The van der Waals surface area contributed by atoms with Crippen LogP contribution in [0, 0.1) is 5.92 Å². The van der Waals surface area contributed by atoms with Crippen molar-refractivity contribution in [3.05, 3.63) is 0 Å². The zero-order chi connectivity index (χ0) is 11.2. The predicted octanol–water partition coefficient (Wildman–Crippen LogP) is 3.16. The van der Waals surface area contributed by atoms with Crippen LogP contribution < -0.4 is 0 Å². The van der Waals surface area contributed by atoms with Gasteiger partial charge in [-0.05, 0) is 0 Å². The highest BCUT2D eigenvalue weighted by Crippen LogP contribution is 2.48. The Kier molecular flexibility index (Phi) is 2.46. The number of halogens is 7. The van der Waals surface area contributed by atoms with E-state index in [4.69, 9.17) is 0 Å². The summed E-state index contributed by atoms with van der Waals surface area (Å²) in [7, 11) is 0. The van der Waals surface area contributed by atoms with Gasteiger partial charge in [0.1, 0.15) is 0 Å². The van der Waals surface area contributed by atoms with E-state index >= 15 is 0 Å². The molecule has 1 aliphatic rings. The SMILES string of the molecule is FC1(F)CC(C(F)(F)F)CC(F)(F)O1. The molecule has 1 heterocycles. The van der Waals surface area contributed by atoms with E-state index in [2.05, 4.69) is 4.74 Å². The first-order valence-corrected chi connectivity index (χ1v) is 3.54. The fourth-order valence-electron chi connectivity index (χ4n) is 1.18. The third kappa shape index (κ3) is 2.73. The maximum absolute atomic E-state index is 12.3. The Morgan fingerprint density at radius 2 is 1.29 bits per heavy atom. The standard InChI is InChI=1S/C6H5F7O/c7-4(8)1-3(6(11,12)13)2-5(9,10)14-4/h3H,1-2H2. The van der Waals surface area contributed by atoms with E-state index in [1.54, 1.807) is 0 Å². The van der Waals surface area contributed by atoms with E-state index in [1.165, 1.54) is 0 Å². The largest absolute Gasteiger partial charge is 0.392 e. The van der Waals surface area contributed by atoms with Crippen molar-refractivity contribution in [1.82, 2.24) is 0 Å². The first-order chi connectivity index (χ1) is 6.02. The molecule has 14 heavy (non-hydrogen) atoms. The van der Waals surface area contributed by atoms with Crippen molar-refractivity contribution in [2.75, 3.05) is 0 Å². The lowest BCUT2D eigenvalue weighted by Crippen LogP contribution is -2.46. The van der Waals surface area contributed by atoms with Crippen molar-refractivity contribution >= 4 is 0 Å². The van der Waals surface area contributed by atoms with Gasteiger partial charge in [0.05, 0.1) is 18.8 Å². The van der Waals surface area contributed by atoms with Crippen LogP contribution in [0.4, 0.5) is 30.7 Å². The maximum atomic E-state index is 12.3. The Morgan fingerprint density at radius 3 is 1.57 bits per heavy atom. The lowest BCUT2D eigenvalue weighted by molar-refractivity contribution is -0.420. The van der Waals surface area contributed by atoms with E-state index in [0.29, 0.717) is 0 Å². The molecule has 8 heteroatoms. The molecule has 0 atom stereocenters. The molecule has 1 nitrogen and oxygen atoms in total. The summed E-state index contributed by atoms with van der Waals surface area (Å²) in [5.41, 5.74) is 0. The first kappa shape index (κ1) is 11.5. The van der Waals surface area contributed by atoms with Crippen LogP contribution in [-0.2, 0) is 4.74 Å². The molecule has 0 aromatic rings. The Hall–Kier alpha value is -0.530. The summed E-state index contributed by atoms with van der Waals surface area (Å²) >= 11 is 0. The van der Waals surface area contributed by atoms with Gasteiger partial charge in [0.2, 0.25) is 0 Å². The van der Waals surface area contributed by atoms with E-state index in [-0.39, 0.29) is 0 Å². The van der Waals surface area contributed by atoms with Crippen LogP contribution in [0.5, 0.6) is 0 Å². The quantitative estimate of drug-likeness (QED) is 0.576. The highest BCUT2D eigenvalue weighted by molar-refractivity contribution is 4.80. The second kappa shape index (κ2) is 2.98. The van der Waals surface area contributed by atoms with Crippen molar-refractivity contribution in [2.24, 2.45) is 5.92 Å². The van der Waals surface area contributed by atoms with Crippen molar-refractivity contribution in [3.8, 4) is 0 Å². The van der Waals surface area contributed by atoms with Gasteiger partial charge in [-0.3, -0.25) is 4.74 Å². The molecule has 0 N–H and O–H groups in total. The average Bonchev–Trinajstić information content (AvgIpc) is 1.76. The number of ether oxygens (including phenoxy) is 1. The van der Waals surface area contributed by atoms with Gasteiger partial charge in [-0.2, -0.15) is 30.7 Å². The molecular formula is C6H5F7O. The van der Waals surface area contributed by atoms with Crippen molar-refractivity contribution < 1.29 is 35.5 Å². The molecule has 84 valence electrons. The topological polar surface area (TPSA) is 9.23 Å². The second-order valence-corrected chi connectivity index (χ2v) is 3.02. The van der Waals surface area contributed by atoms with Gasteiger partial charge >= 0.3 is 18.4 Å². The smallest absolute Gasteiger partial charge is 0.255 e. The van der Waals surface area contributed by atoms with Crippen LogP contribution in [0.2, 0.25) is 0 Å². The van der Waals surface area contributed by atoms with Crippen molar-refractivity contribution in [3.63, 3.8) is 0 Å². The average molecular weight is 226 g/mol. The lowest BCUT2D eigenvalue weighted by atomic mass is 9.97. The molecule has 0 radical (unpaired) electrons. The van der Waals surface area contributed by atoms with Crippen LogP contribution in [0.3, 0.4) is 0 Å². The highest BCUT2D eigenvalue weighted by atomic mass is 19.4.